The van der Waals surface area contributed by atoms with Crippen LogP contribution in [-0.4, -0.2) is 11.8 Å². The zero-order valence-corrected chi connectivity index (χ0v) is 29.3. The number of hydrogen-bond donors (Lipinski definition) is 2. The van der Waals surface area contributed by atoms with Gasteiger partial charge in [-0.3, -0.25) is 0 Å². The molecule has 2 N–H and O–H groups in total. The molecule has 0 spiro atoms. The van der Waals surface area contributed by atoms with Gasteiger partial charge in [-0.2, -0.15) is 0 Å². The van der Waals surface area contributed by atoms with Gasteiger partial charge in [0.1, 0.15) is 0 Å². The minimum atomic E-state index is -5.08. The van der Waals surface area contributed by atoms with E-state index in [-0.39, 0.29) is 42.8 Å². The van der Waals surface area contributed by atoms with Crippen LogP contribution in [0.2, 0.25) is 8.45 Å². The van der Waals surface area contributed by atoms with Gasteiger partial charge in [0.25, 0.3) is 0 Å². The van der Waals surface area contributed by atoms with Crippen molar-refractivity contribution < 1.29 is 43.7 Å². The molecule has 2 amide bonds. The van der Waals surface area contributed by atoms with Crippen molar-refractivity contribution in [1.29, 1.82) is 0 Å². The van der Waals surface area contributed by atoms with Gasteiger partial charge in [-0.1, -0.05) is 0 Å². The number of amides is 2. The number of benzene rings is 2. The quantitative estimate of drug-likeness (QED) is 0.137. The average molecular weight is 687 g/mol. The van der Waals surface area contributed by atoms with Crippen LogP contribution in [0.1, 0.15) is 79.1 Å². The fraction of sp³-hybridized carbons (Fsp3) is 0.421. The predicted octanol–water partition coefficient (Wildman–Crippen LogP) is 9.49. The van der Waals surface area contributed by atoms with Gasteiger partial charge < -0.3 is 0 Å². The van der Waals surface area contributed by atoms with E-state index in [0.29, 0.717) is 25.7 Å². The summed E-state index contributed by atoms with van der Waals surface area (Å²) >= 11 is -5.08. The summed E-state index contributed by atoms with van der Waals surface area (Å²) in [5.41, 5.74) is -0.444. The van der Waals surface area contributed by atoms with Crippen molar-refractivity contribution in [2.24, 2.45) is 11.8 Å². The number of allylic oxidation sites excluding steroid dienone is 8. The van der Waals surface area contributed by atoms with E-state index in [2.05, 4.69) is 10.6 Å². The monoisotopic (exact) mass is 686 g/mol. The molecule has 0 radical (unpaired) electrons. The Morgan fingerprint density at radius 2 is 1.00 bits per heavy atom. The van der Waals surface area contributed by atoms with Crippen molar-refractivity contribution in [3.63, 3.8) is 0 Å². The molecule has 2 aromatic carbocycles. The van der Waals surface area contributed by atoms with E-state index in [4.69, 9.17) is 0 Å². The minimum absolute atomic E-state index is 0.222. The van der Waals surface area contributed by atoms with Gasteiger partial charge in [0, 0.05) is 0 Å². The molecule has 47 heavy (non-hydrogen) atoms. The Bertz CT molecular complexity index is 1430. The maximum atomic E-state index is 17.0. The molecule has 0 fully saturated rings. The second-order valence-electron chi connectivity index (χ2n) is 12.5. The van der Waals surface area contributed by atoms with Crippen LogP contribution in [0, 0.1) is 35.1 Å². The molecule has 2 unspecified atom stereocenters. The number of carbonyl (C=O) groups excluding carboxylic acids is 2. The topological polar surface area (TPSA) is 58.2 Å². The van der Waals surface area contributed by atoms with Crippen molar-refractivity contribution in [2.45, 2.75) is 87.5 Å². The molecule has 0 aromatic heterocycles. The Kier molecular flexibility index (Phi) is 13.0. The van der Waals surface area contributed by atoms with Crippen molar-refractivity contribution >= 4 is 30.9 Å². The predicted molar refractivity (Wildman–Crippen MR) is 180 cm³/mol. The molecule has 0 heterocycles. The summed E-state index contributed by atoms with van der Waals surface area (Å²) in [5, 5.41) is 5.36. The van der Waals surface area contributed by atoms with Gasteiger partial charge in [0.05, 0.1) is 0 Å². The summed E-state index contributed by atoms with van der Waals surface area (Å²) < 4.78 is 64.6. The SMILES string of the molecule is CCCCC(CC)C(=O)Nc1ccc(F)[c]([Ti]([c]2c(F)ccc(NC(=O)C(CC)CCCC)c2F)([CH]2C=CC=C2)[CH]2C=CC=C2)c1F. The van der Waals surface area contributed by atoms with Crippen LogP contribution in [0.25, 0.3) is 0 Å². The fourth-order valence-electron chi connectivity index (χ4n) is 6.95. The summed E-state index contributed by atoms with van der Waals surface area (Å²) in [4.78, 5) is 26.5. The van der Waals surface area contributed by atoms with Crippen LogP contribution in [0.5, 0.6) is 0 Å². The van der Waals surface area contributed by atoms with Crippen LogP contribution in [-0.2, 0) is 26.2 Å². The summed E-state index contributed by atoms with van der Waals surface area (Å²) in [5.74, 6) is -5.40. The summed E-state index contributed by atoms with van der Waals surface area (Å²) in [6.45, 7) is 7.81. The first-order valence-corrected chi connectivity index (χ1v) is 20.3. The van der Waals surface area contributed by atoms with Crippen LogP contribution in [0.4, 0.5) is 28.9 Å². The number of anilines is 2. The third-order valence-electron chi connectivity index (χ3n) is 9.61. The number of carbonyl (C=O) groups is 2. The van der Waals surface area contributed by atoms with E-state index in [1.165, 1.54) is 12.1 Å². The van der Waals surface area contributed by atoms with Crippen LogP contribution in [0.15, 0.2) is 72.9 Å². The average Bonchev–Trinajstić information content (AvgIpc) is 3.80. The Morgan fingerprint density at radius 3 is 1.32 bits per heavy atom. The van der Waals surface area contributed by atoms with Gasteiger partial charge in [-0.05, 0) is 0 Å². The number of unbranched alkanes of at least 4 members (excludes halogenated alkanes) is 2. The van der Waals surface area contributed by atoms with Crippen molar-refractivity contribution in [2.75, 3.05) is 10.6 Å². The molecule has 2 atom stereocenters. The van der Waals surface area contributed by atoms with Gasteiger partial charge in [0.15, 0.2) is 0 Å². The van der Waals surface area contributed by atoms with E-state index in [1.807, 2.05) is 27.7 Å². The Balaban J connectivity index is 1.95. The molecule has 0 saturated heterocycles. The van der Waals surface area contributed by atoms with Crippen LogP contribution >= 0.6 is 0 Å². The van der Waals surface area contributed by atoms with Crippen molar-refractivity contribution in [3.8, 4) is 0 Å². The van der Waals surface area contributed by atoms with Gasteiger partial charge in [-0.25, -0.2) is 0 Å². The summed E-state index contributed by atoms with van der Waals surface area (Å²) in [7, 11) is 0. The Hall–Kier alpha value is -3.23. The van der Waals surface area contributed by atoms with Crippen molar-refractivity contribution in [1.82, 2.24) is 0 Å². The maximum absolute atomic E-state index is 17.0. The first-order chi connectivity index (χ1) is 22.6. The molecule has 2 aliphatic carbocycles. The molecule has 252 valence electrons. The third-order valence-corrected chi connectivity index (χ3v) is 18.1. The number of hydrogen-bond acceptors (Lipinski definition) is 2. The second kappa shape index (κ2) is 16.7. The van der Waals surface area contributed by atoms with Gasteiger partial charge in [-0.15, -0.1) is 0 Å². The molecule has 2 aromatic rings. The zero-order valence-electron chi connectivity index (χ0n) is 27.7. The summed E-state index contributed by atoms with van der Waals surface area (Å²) in [6, 6.07) is 4.51. The van der Waals surface area contributed by atoms with E-state index in [1.54, 1.807) is 48.6 Å². The molecule has 0 bridgehead atoms. The first kappa shape index (κ1) is 36.6. The molecule has 9 heteroatoms. The van der Waals surface area contributed by atoms with E-state index in [0.717, 1.165) is 37.8 Å². The first-order valence-electron chi connectivity index (χ1n) is 16.9. The molecular formula is C38H46F4N2O2Ti. The standard InChI is InChI=1S/2C14H18F2NO.2C5H5.Ti/c2*1-3-5-6-10(4-2)14(18)17-13-8-7-11(15)9-12(13)16;2*1-2-4-5-3-1;/h2*7-8,10H,3-6H2,1-2H3,(H,17,18);2*1-5H;. The van der Waals surface area contributed by atoms with Crippen molar-refractivity contribution in [3.05, 3.63) is 96.1 Å². The Labute approximate surface area is 279 Å². The van der Waals surface area contributed by atoms with E-state index in [9.17, 15) is 9.59 Å². The zero-order chi connectivity index (χ0) is 34.1. The third kappa shape index (κ3) is 7.59. The molecule has 4 nitrogen and oxygen atoms in total. The normalized spacial score (nSPS) is 15.8. The number of nitrogens with one attached hydrogen (secondary N) is 2. The number of halogens is 4. The molecule has 2 aliphatic rings. The Morgan fingerprint density at radius 1 is 0.638 bits per heavy atom. The molecule has 0 saturated carbocycles. The molecular weight excluding hydrogens is 640 g/mol. The van der Waals surface area contributed by atoms with Crippen LogP contribution in [0.3, 0.4) is 0 Å². The fourth-order valence-corrected chi connectivity index (χ4v) is 15.8. The second-order valence-corrected chi connectivity index (χ2v) is 18.9. The van der Waals surface area contributed by atoms with E-state index >= 15 is 17.6 Å². The number of rotatable bonds is 16. The van der Waals surface area contributed by atoms with Gasteiger partial charge in [0.2, 0.25) is 0 Å². The molecule has 0 aliphatic heterocycles. The van der Waals surface area contributed by atoms with E-state index < -0.39 is 48.3 Å². The summed E-state index contributed by atoms with van der Waals surface area (Å²) in [6.07, 6.45) is 19.6. The molecule has 4 rings (SSSR count). The van der Waals surface area contributed by atoms with Crippen LogP contribution < -0.4 is 18.4 Å². The van der Waals surface area contributed by atoms with Gasteiger partial charge >= 0.3 is 281 Å².